The molecular weight excluding hydrogens is 306 g/mol. The number of nitrogens with zero attached hydrogens (tertiary/aromatic N) is 4. The van der Waals surface area contributed by atoms with Crippen molar-refractivity contribution >= 4 is 32.9 Å². The Bertz CT molecular complexity index is 816. The highest BCUT2D eigenvalue weighted by Gasteiger charge is 2.07. The molecule has 3 aromatic rings. The SMILES string of the molecule is N#Cc1cc(Br)cc(-n2ccc3cnc(N)nc32)c1. The summed E-state index contributed by atoms with van der Waals surface area (Å²) >= 11 is 3.40. The quantitative estimate of drug-likeness (QED) is 0.749. The minimum Gasteiger partial charge on any atom is -0.368 e. The molecule has 0 saturated heterocycles. The van der Waals surface area contributed by atoms with Crippen LogP contribution in [0.5, 0.6) is 0 Å². The van der Waals surface area contributed by atoms with Gasteiger partial charge < -0.3 is 10.3 Å². The molecule has 0 saturated carbocycles. The van der Waals surface area contributed by atoms with Crippen LogP contribution in [0.4, 0.5) is 5.95 Å². The van der Waals surface area contributed by atoms with Crippen molar-refractivity contribution in [1.29, 1.82) is 5.26 Å². The highest BCUT2D eigenvalue weighted by atomic mass is 79.9. The second-order valence-corrected chi connectivity index (χ2v) is 4.92. The van der Waals surface area contributed by atoms with Gasteiger partial charge in [0, 0.05) is 27.9 Å². The monoisotopic (exact) mass is 313 g/mol. The van der Waals surface area contributed by atoms with Crippen molar-refractivity contribution in [2.75, 3.05) is 5.73 Å². The molecule has 0 unspecified atom stereocenters. The van der Waals surface area contributed by atoms with Crippen LogP contribution in [-0.4, -0.2) is 14.5 Å². The van der Waals surface area contributed by atoms with E-state index in [-0.39, 0.29) is 5.95 Å². The summed E-state index contributed by atoms with van der Waals surface area (Å²) in [6, 6.07) is 9.51. The predicted octanol–water partition coefficient (Wildman–Crippen LogP) is 2.64. The van der Waals surface area contributed by atoms with Gasteiger partial charge in [0.05, 0.1) is 11.6 Å². The van der Waals surface area contributed by atoms with Crippen molar-refractivity contribution in [1.82, 2.24) is 14.5 Å². The number of benzene rings is 1. The molecule has 2 N–H and O–H groups in total. The van der Waals surface area contributed by atoms with Crippen molar-refractivity contribution in [3.05, 3.63) is 46.7 Å². The molecule has 0 aliphatic rings. The van der Waals surface area contributed by atoms with E-state index in [2.05, 4.69) is 32.0 Å². The number of fused-ring (bicyclic) bond motifs is 1. The van der Waals surface area contributed by atoms with Crippen LogP contribution in [0, 0.1) is 11.3 Å². The van der Waals surface area contributed by atoms with E-state index in [9.17, 15) is 0 Å². The van der Waals surface area contributed by atoms with E-state index < -0.39 is 0 Å². The molecule has 0 aliphatic carbocycles. The largest absolute Gasteiger partial charge is 0.368 e. The Morgan fingerprint density at radius 2 is 2.16 bits per heavy atom. The minimum absolute atomic E-state index is 0.225. The van der Waals surface area contributed by atoms with Crippen LogP contribution in [0.25, 0.3) is 16.7 Å². The Hall–Kier alpha value is -2.39. The maximum Gasteiger partial charge on any atom is 0.221 e. The number of aromatic nitrogens is 3. The first-order chi connectivity index (χ1) is 9.17. The molecule has 2 heterocycles. The Balaban J connectivity index is 2.27. The summed E-state index contributed by atoms with van der Waals surface area (Å²) in [5.74, 6) is 0.225. The number of rotatable bonds is 1. The van der Waals surface area contributed by atoms with Gasteiger partial charge in [-0.2, -0.15) is 10.2 Å². The Morgan fingerprint density at radius 1 is 1.32 bits per heavy atom. The highest BCUT2D eigenvalue weighted by molar-refractivity contribution is 9.10. The van der Waals surface area contributed by atoms with Crippen LogP contribution in [-0.2, 0) is 0 Å². The van der Waals surface area contributed by atoms with Crippen molar-refractivity contribution < 1.29 is 0 Å². The predicted molar refractivity (Wildman–Crippen MR) is 75.7 cm³/mol. The molecular formula is C13H8BrN5. The topological polar surface area (TPSA) is 80.5 Å². The molecule has 6 heteroatoms. The van der Waals surface area contributed by atoms with Gasteiger partial charge in [0.2, 0.25) is 5.95 Å². The first-order valence-corrected chi connectivity index (χ1v) is 6.27. The number of nitriles is 1. The maximum atomic E-state index is 9.02. The zero-order chi connectivity index (χ0) is 13.4. The third-order valence-electron chi connectivity index (χ3n) is 2.74. The molecule has 19 heavy (non-hydrogen) atoms. The molecule has 1 aromatic carbocycles. The molecule has 3 rings (SSSR count). The second kappa shape index (κ2) is 4.37. The molecule has 0 bridgehead atoms. The van der Waals surface area contributed by atoms with Crippen LogP contribution in [0.3, 0.4) is 0 Å². The summed E-state index contributed by atoms with van der Waals surface area (Å²) in [4.78, 5) is 8.19. The van der Waals surface area contributed by atoms with Gasteiger partial charge in [-0.05, 0) is 24.3 Å². The number of anilines is 1. The van der Waals surface area contributed by atoms with Crippen LogP contribution in [0.1, 0.15) is 5.56 Å². The molecule has 5 nitrogen and oxygen atoms in total. The van der Waals surface area contributed by atoms with Crippen molar-refractivity contribution in [2.24, 2.45) is 0 Å². The molecule has 0 atom stereocenters. The third-order valence-corrected chi connectivity index (χ3v) is 3.19. The number of hydrogen-bond donors (Lipinski definition) is 1. The fourth-order valence-corrected chi connectivity index (χ4v) is 2.40. The molecule has 92 valence electrons. The Morgan fingerprint density at radius 3 is 2.95 bits per heavy atom. The van der Waals surface area contributed by atoms with Crippen LogP contribution in [0.2, 0.25) is 0 Å². The smallest absolute Gasteiger partial charge is 0.221 e. The van der Waals surface area contributed by atoms with Crippen LogP contribution in [0.15, 0.2) is 41.1 Å². The first kappa shape index (κ1) is 11.7. The zero-order valence-corrected chi connectivity index (χ0v) is 11.3. The summed E-state index contributed by atoms with van der Waals surface area (Å²) in [6.45, 7) is 0. The van der Waals surface area contributed by atoms with E-state index in [1.54, 1.807) is 18.3 Å². The van der Waals surface area contributed by atoms with E-state index >= 15 is 0 Å². The lowest BCUT2D eigenvalue weighted by Gasteiger charge is -2.06. The van der Waals surface area contributed by atoms with Gasteiger partial charge in [-0.25, -0.2) is 4.98 Å². The fraction of sp³-hybridized carbons (Fsp3) is 0. The van der Waals surface area contributed by atoms with Gasteiger partial charge in [0.1, 0.15) is 5.65 Å². The summed E-state index contributed by atoms with van der Waals surface area (Å²) in [6.07, 6.45) is 3.55. The lowest BCUT2D eigenvalue weighted by molar-refractivity contribution is 1.08. The van der Waals surface area contributed by atoms with Crippen LogP contribution < -0.4 is 5.73 Å². The summed E-state index contributed by atoms with van der Waals surface area (Å²) in [7, 11) is 0. The van der Waals surface area contributed by atoms with Crippen LogP contribution >= 0.6 is 15.9 Å². The van der Waals surface area contributed by atoms with E-state index in [1.807, 2.05) is 22.9 Å². The normalized spacial score (nSPS) is 10.5. The molecule has 0 radical (unpaired) electrons. The number of nitrogens with two attached hydrogens (primary N) is 1. The van der Waals surface area contributed by atoms with E-state index in [1.165, 1.54) is 0 Å². The van der Waals surface area contributed by atoms with Gasteiger partial charge >= 0.3 is 0 Å². The zero-order valence-electron chi connectivity index (χ0n) is 9.71. The summed E-state index contributed by atoms with van der Waals surface area (Å²) in [5.41, 5.74) is 7.76. The molecule has 0 fully saturated rings. The molecule has 0 aliphatic heterocycles. The second-order valence-electron chi connectivity index (χ2n) is 4.00. The molecule has 2 aromatic heterocycles. The van der Waals surface area contributed by atoms with E-state index in [0.29, 0.717) is 5.56 Å². The first-order valence-electron chi connectivity index (χ1n) is 5.48. The minimum atomic E-state index is 0.225. The average Bonchev–Trinajstić information content (AvgIpc) is 2.80. The summed E-state index contributed by atoms with van der Waals surface area (Å²) < 4.78 is 2.71. The van der Waals surface area contributed by atoms with Gasteiger partial charge in [-0.15, -0.1) is 0 Å². The number of nitrogen functional groups attached to an aromatic ring is 1. The third kappa shape index (κ3) is 2.04. The number of halogens is 1. The van der Waals surface area contributed by atoms with Gasteiger partial charge in [-0.1, -0.05) is 15.9 Å². The van der Waals surface area contributed by atoms with E-state index in [4.69, 9.17) is 11.0 Å². The molecule has 0 amide bonds. The van der Waals surface area contributed by atoms with E-state index in [0.717, 1.165) is 21.2 Å². The Kier molecular flexibility index (Phi) is 2.69. The average molecular weight is 314 g/mol. The lowest BCUT2D eigenvalue weighted by Crippen LogP contribution is -1.99. The highest BCUT2D eigenvalue weighted by Crippen LogP contribution is 2.23. The van der Waals surface area contributed by atoms with Crippen molar-refractivity contribution in [3.63, 3.8) is 0 Å². The van der Waals surface area contributed by atoms with Gasteiger partial charge in [0.15, 0.2) is 0 Å². The summed E-state index contributed by atoms with van der Waals surface area (Å²) in [5, 5.41) is 9.91. The van der Waals surface area contributed by atoms with Crippen molar-refractivity contribution in [2.45, 2.75) is 0 Å². The maximum absolute atomic E-state index is 9.02. The van der Waals surface area contributed by atoms with Crippen molar-refractivity contribution in [3.8, 4) is 11.8 Å². The Labute approximate surface area is 117 Å². The standard InChI is InChI=1S/C13H8BrN5/c14-10-3-8(6-15)4-11(5-10)19-2-1-9-7-17-13(16)18-12(9)19/h1-5,7H,(H2,16,17,18). The van der Waals surface area contributed by atoms with Gasteiger partial charge in [0.25, 0.3) is 0 Å². The lowest BCUT2D eigenvalue weighted by atomic mass is 10.2. The number of hydrogen-bond acceptors (Lipinski definition) is 4. The van der Waals surface area contributed by atoms with Gasteiger partial charge in [-0.3, -0.25) is 0 Å². The molecule has 0 spiro atoms. The fourth-order valence-electron chi connectivity index (χ4n) is 1.92.